The summed E-state index contributed by atoms with van der Waals surface area (Å²) in [5.74, 6) is 0.305. The first-order valence-electron chi connectivity index (χ1n) is 5.19. The van der Waals surface area contributed by atoms with Crippen LogP contribution >= 0.6 is 0 Å². The summed E-state index contributed by atoms with van der Waals surface area (Å²) in [7, 11) is -0.282. The number of aliphatic hydroxyl groups is 1. The van der Waals surface area contributed by atoms with E-state index in [4.69, 9.17) is 4.74 Å². The third kappa shape index (κ3) is 3.99. The van der Waals surface area contributed by atoms with Crippen LogP contribution in [-0.4, -0.2) is 46.1 Å². The number of benzene rings is 1. The van der Waals surface area contributed by atoms with E-state index in [1.165, 1.54) is 19.2 Å². The molecule has 0 bridgehead atoms. The van der Waals surface area contributed by atoms with Crippen LogP contribution in [0.2, 0.25) is 0 Å². The minimum Gasteiger partial charge on any atom is -0.497 e. The first-order chi connectivity index (χ1) is 7.99. The van der Waals surface area contributed by atoms with E-state index in [0.29, 0.717) is 5.75 Å². The van der Waals surface area contributed by atoms with E-state index < -0.39 is 15.9 Å². The number of nitrogens with one attached hydrogen (secondary N) is 1. The summed E-state index contributed by atoms with van der Waals surface area (Å²) < 4.78 is 28.7. The highest BCUT2D eigenvalue weighted by Crippen LogP contribution is 2.17. The van der Waals surface area contributed by atoms with Crippen LogP contribution in [0, 0.1) is 0 Å². The van der Waals surface area contributed by atoms with E-state index in [0.717, 1.165) is 0 Å². The Morgan fingerprint density at radius 3 is 2.41 bits per heavy atom. The molecule has 1 unspecified atom stereocenters. The second-order valence-corrected chi connectivity index (χ2v) is 5.70. The summed E-state index contributed by atoms with van der Waals surface area (Å²) in [5, 5.41) is 12.2. The number of aliphatic hydroxyl groups excluding tert-OH is 1. The number of hydrogen-bond acceptors (Lipinski definition) is 5. The standard InChI is InChI=1S/C11H17NO4S/c1-12-7-9(13)8-17(14,15)11-5-3-10(16-2)4-6-11/h3-6,9,12-13H,7-8H2,1-2H3. The molecule has 0 fully saturated rings. The fourth-order valence-electron chi connectivity index (χ4n) is 1.43. The molecule has 2 N–H and O–H groups in total. The van der Waals surface area contributed by atoms with E-state index in [2.05, 4.69) is 5.32 Å². The predicted octanol–water partition coefficient (Wildman–Crippen LogP) is 0.0492. The van der Waals surface area contributed by atoms with Crippen LogP contribution in [0.4, 0.5) is 0 Å². The molecule has 17 heavy (non-hydrogen) atoms. The second-order valence-electron chi connectivity index (χ2n) is 3.67. The Hall–Kier alpha value is -1.11. The summed E-state index contributed by atoms with van der Waals surface area (Å²) >= 11 is 0. The molecule has 0 amide bonds. The van der Waals surface area contributed by atoms with Crippen molar-refractivity contribution in [2.75, 3.05) is 26.5 Å². The van der Waals surface area contributed by atoms with Crippen LogP contribution in [0.3, 0.4) is 0 Å². The van der Waals surface area contributed by atoms with Gasteiger partial charge < -0.3 is 15.2 Å². The molecule has 0 aromatic heterocycles. The van der Waals surface area contributed by atoms with Gasteiger partial charge in [-0.05, 0) is 31.3 Å². The van der Waals surface area contributed by atoms with Gasteiger partial charge in [0, 0.05) is 6.54 Å². The Bertz CT molecular complexity index is 441. The van der Waals surface area contributed by atoms with Crippen molar-refractivity contribution in [3.05, 3.63) is 24.3 Å². The Morgan fingerprint density at radius 2 is 1.94 bits per heavy atom. The van der Waals surface area contributed by atoms with Crippen molar-refractivity contribution in [2.24, 2.45) is 0 Å². The molecule has 0 spiro atoms. The number of sulfone groups is 1. The van der Waals surface area contributed by atoms with Gasteiger partial charge in [-0.1, -0.05) is 0 Å². The Balaban J connectivity index is 2.82. The zero-order valence-corrected chi connectivity index (χ0v) is 10.7. The van der Waals surface area contributed by atoms with Crippen molar-refractivity contribution in [2.45, 2.75) is 11.0 Å². The van der Waals surface area contributed by atoms with Gasteiger partial charge in [-0.15, -0.1) is 0 Å². The van der Waals surface area contributed by atoms with Crippen molar-refractivity contribution < 1.29 is 18.3 Å². The second kappa shape index (κ2) is 6.00. The summed E-state index contributed by atoms with van der Waals surface area (Å²) in [6, 6.07) is 6.11. The molecule has 0 radical (unpaired) electrons. The number of methoxy groups -OCH3 is 1. The summed E-state index contributed by atoms with van der Waals surface area (Å²) in [4.78, 5) is 0.188. The highest BCUT2D eigenvalue weighted by molar-refractivity contribution is 7.91. The number of rotatable bonds is 6. The Kier molecular flexibility index (Phi) is 4.92. The summed E-state index contributed by atoms with van der Waals surface area (Å²) in [6.45, 7) is 0.245. The van der Waals surface area contributed by atoms with Crippen LogP contribution in [-0.2, 0) is 9.84 Å². The lowest BCUT2D eigenvalue weighted by Crippen LogP contribution is -2.30. The molecule has 0 aliphatic rings. The van der Waals surface area contributed by atoms with Gasteiger partial charge in [-0.2, -0.15) is 0 Å². The molecule has 6 heteroatoms. The lowest BCUT2D eigenvalue weighted by atomic mass is 10.3. The van der Waals surface area contributed by atoms with Crippen LogP contribution in [0.15, 0.2) is 29.2 Å². The van der Waals surface area contributed by atoms with Gasteiger partial charge in [0.05, 0.1) is 23.9 Å². The van der Waals surface area contributed by atoms with Crippen LogP contribution < -0.4 is 10.1 Å². The Morgan fingerprint density at radius 1 is 1.35 bits per heavy atom. The van der Waals surface area contributed by atoms with Crippen molar-refractivity contribution >= 4 is 9.84 Å². The average molecular weight is 259 g/mol. The first-order valence-corrected chi connectivity index (χ1v) is 6.84. The van der Waals surface area contributed by atoms with Crippen LogP contribution in [0.1, 0.15) is 0 Å². The lowest BCUT2D eigenvalue weighted by molar-refractivity contribution is 0.197. The molecule has 0 heterocycles. The molecular weight excluding hydrogens is 242 g/mol. The van der Waals surface area contributed by atoms with Crippen molar-refractivity contribution in [3.8, 4) is 5.75 Å². The molecule has 5 nitrogen and oxygen atoms in total. The molecule has 96 valence electrons. The molecule has 0 saturated carbocycles. The maximum absolute atomic E-state index is 11.9. The van der Waals surface area contributed by atoms with Crippen molar-refractivity contribution in [3.63, 3.8) is 0 Å². The summed E-state index contributed by atoms with van der Waals surface area (Å²) in [6.07, 6.45) is -0.910. The highest BCUT2D eigenvalue weighted by Gasteiger charge is 2.19. The van der Waals surface area contributed by atoms with Gasteiger partial charge in [-0.25, -0.2) is 8.42 Å². The van der Waals surface area contributed by atoms with Crippen LogP contribution in [0.25, 0.3) is 0 Å². The van der Waals surface area contributed by atoms with E-state index >= 15 is 0 Å². The monoisotopic (exact) mass is 259 g/mol. The van der Waals surface area contributed by atoms with Gasteiger partial charge in [0.1, 0.15) is 5.75 Å². The van der Waals surface area contributed by atoms with Crippen molar-refractivity contribution in [1.29, 1.82) is 0 Å². The van der Waals surface area contributed by atoms with Gasteiger partial charge in [0.25, 0.3) is 0 Å². The Labute approximate surface area is 101 Å². The average Bonchev–Trinajstić information content (AvgIpc) is 2.28. The van der Waals surface area contributed by atoms with Gasteiger partial charge in [0.2, 0.25) is 0 Å². The zero-order valence-electron chi connectivity index (χ0n) is 9.88. The molecule has 1 rings (SSSR count). The first kappa shape index (κ1) is 14.0. The number of hydrogen-bond donors (Lipinski definition) is 2. The largest absolute Gasteiger partial charge is 0.497 e. The topological polar surface area (TPSA) is 75.6 Å². The van der Waals surface area contributed by atoms with E-state index in [9.17, 15) is 13.5 Å². The van der Waals surface area contributed by atoms with E-state index in [-0.39, 0.29) is 17.2 Å². The molecule has 1 atom stereocenters. The van der Waals surface area contributed by atoms with Crippen LogP contribution in [0.5, 0.6) is 5.75 Å². The minimum absolute atomic E-state index is 0.188. The molecule has 1 aromatic carbocycles. The smallest absolute Gasteiger partial charge is 0.180 e. The molecular formula is C11H17NO4S. The fourth-order valence-corrected chi connectivity index (χ4v) is 2.79. The SMILES string of the molecule is CNCC(O)CS(=O)(=O)c1ccc(OC)cc1. The minimum atomic E-state index is -3.45. The summed E-state index contributed by atoms with van der Waals surface area (Å²) in [5.41, 5.74) is 0. The van der Waals surface area contributed by atoms with Gasteiger partial charge in [0.15, 0.2) is 9.84 Å². The maximum atomic E-state index is 11.9. The zero-order chi connectivity index (χ0) is 12.9. The fraction of sp³-hybridized carbons (Fsp3) is 0.455. The molecule has 0 aliphatic carbocycles. The maximum Gasteiger partial charge on any atom is 0.180 e. The number of likely N-dealkylation sites (N-methyl/N-ethyl adjacent to an activating group) is 1. The predicted molar refractivity (Wildman–Crippen MR) is 65.0 cm³/mol. The van der Waals surface area contributed by atoms with Crippen molar-refractivity contribution in [1.82, 2.24) is 5.32 Å². The van der Waals surface area contributed by atoms with E-state index in [1.807, 2.05) is 0 Å². The third-order valence-corrected chi connectivity index (χ3v) is 4.08. The van der Waals surface area contributed by atoms with E-state index in [1.54, 1.807) is 19.2 Å². The third-order valence-electron chi connectivity index (χ3n) is 2.27. The normalized spacial score (nSPS) is 13.4. The van der Waals surface area contributed by atoms with Gasteiger partial charge in [-0.3, -0.25) is 0 Å². The number of ether oxygens (including phenoxy) is 1. The highest BCUT2D eigenvalue weighted by atomic mass is 32.2. The lowest BCUT2D eigenvalue weighted by Gasteiger charge is -2.10. The molecule has 1 aromatic rings. The quantitative estimate of drug-likeness (QED) is 0.755. The molecule has 0 aliphatic heterocycles. The molecule has 0 saturated heterocycles. The van der Waals surface area contributed by atoms with Gasteiger partial charge >= 0.3 is 0 Å².